The van der Waals surface area contributed by atoms with Gasteiger partial charge in [-0.1, -0.05) is 6.92 Å². The topological polar surface area (TPSA) is 157 Å². The van der Waals surface area contributed by atoms with E-state index < -0.39 is 57.5 Å². The minimum Gasteiger partial charge on any atom is -0.350 e. The molecule has 0 N–H and O–H groups in total. The molecule has 0 spiro atoms. The first-order valence-electron chi connectivity index (χ1n) is 24.9. The van der Waals surface area contributed by atoms with Crippen LogP contribution in [0.4, 0.5) is 0 Å². The first-order chi connectivity index (χ1) is 30.8. The molecule has 0 aromatic heterocycles. The molecule has 0 saturated carbocycles. The van der Waals surface area contributed by atoms with Gasteiger partial charge in [-0.05, 0) is 183 Å². The van der Waals surface area contributed by atoms with Crippen LogP contribution in [0, 0.1) is 5.92 Å². The molecule has 15 atom stereocenters. The first kappa shape index (κ1) is 63.3. The molecule has 0 bridgehead atoms. The van der Waals surface area contributed by atoms with Crippen LogP contribution in [-0.2, 0) is 80.5 Å². The summed E-state index contributed by atoms with van der Waals surface area (Å²) >= 11 is 0. The van der Waals surface area contributed by atoms with Crippen molar-refractivity contribution in [3.05, 3.63) is 0 Å². The van der Waals surface area contributed by atoms with E-state index in [-0.39, 0.29) is 73.1 Å². The van der Waals surface area contributed by atoms with E-state index in [0.717, 1.165) is 12.8 Å². The Bertz CT molecular complexity index is 942. The van der Waals surface area contributed by atoms with Crippen LogP contribution in [0.3, 0.4) is 0 Å². The van der Waals surface area contributed by atoms with Crippen molar-refractivity contribution in [3.8, 4) is 0 Å². The highest BCUT2D eigenvalue weighted by Gasteiger charge is 2.29. The summed E-state index contributed by atoms with van der Waals surface area (Å²) in [5.41, 5.74) is 0. The lowest BCUT2D eigenvalue weighted by Crippen LogP contribution is -2.37. The van der Waals surface area contributed by atoms with E-state index in [1.54, 1.807) is 13.8 Å². The maximum absolute atomic E-state index is 6.35. The molecule has 1 rings (SSSR count). The van der Waals surface area contributed by atoms with Gasteiger partial charge in [0, 0.05) is 6.42 Å². The van der Waals surface area contributed by atoms with Gasteiger partial charge in [-0.2, -0.15) is 0 Å². The summed E-state index contributed by atoms with van der Waals surface area (Å²) in [6, 6.07) is 0. The molecule has 15 unspecified atom stereocenters. The molecule has 396 valence electrons. The van der Waals surface area contributed by atoms with Crippen molar-refractivity contribution >= 4 is 0 Å². The number of hydrogen-bond acceptors (Lipinski definition) is 17. The molecule has 0 amide bonds. The largest absolute Gasteiger partial charge is 0.350 e. The van der Waals surface area contributed by atoms with E-state index in [0.29, 0.717) is 32.1 Å². The fraction of sp³-hybridized carbons (Fsp3) is 1.00. The fourth-order valence-electron chi connectivity index (χ4n) is 6.32. The lowest BCUT2D eigenvalue weighted by atomic mass is 9.99. The van der Waals surface area contributed by atoms with Crippen LogP contribution < -0.4 is 0 Å². The molecule has 17 nitrogen and oxygen atoms in total. The van der Waals surface area contributed by atoms with Crippen LogP contribution >= 0.6 is 0 Å². The Morgan fingerprint density at radius 2 is 0.485 bits per heavy atom. The third-order valence-corrected chi connectivity index (χ3v) is 9.53. The fourth-order valence-corrected chi connectivity index (χ4v) is 6.32. The Morgan fingerprint density at radius 3 is 0.712 bits per heavy atom. The SMILES string of the molecule is CC1CCC(C)OC(OC(C)C)OC(C)OC(OC(C)C)OC(C)CCC(C)OC(OC(C)C)OC(C)OC(OC(C)C)OC(C)CCC(C)OC(OC(C)C)OC(C)OC(OC(C)C)C1. The highest BCUT2D eigenvalue weighted by Crippen LogP contribution is 2.24. The third kappa shape index (κ3) is 33.0. The first-order valence-corrected chi connectivity index (χ1v) is 24.9. The summed E-state index contributed by atoms with van der Waals surface area (Å²) in [6.45, 7) is 35.4. The average molecular weight is 959 g/mol. The van der Waals surface area contributed by atoms with Crippen LogP contribution in [0.1, 0.15) is 190 Å². The van der Waals surface area contributed by atoms with Crippen molar-refractivity contribution in [2.75, 3.05) is 0 Å². The van der Waals surface area contributed by atoms with Gasteiger partial charge in [0.2, 0.25) is 0 Å². The molecule has 1 aliphatic heterocycles. The molecule has 0 radical (unpaired) electrons. The van der Waals surface area contributed by atoms with Gasteiger partial charge in [0.15, 0.2) is 25.2 Å². The van der Waals surface area contributed by atoms with Gasteiger partial charge in [0.05, 0.1) is 67.1 Å². The lowest BCUT2D eigenvalue weighted by molar-refractivity contribution is -0.409. The molecule has 17 heteroatoms. The molecule has 1 saturated heterocycles. The minimum atomic E-state index is -1.03. The predicted molar refractivity (Wildman–Crippen MR) is 249 cm³/mol. The van der Waals surface area contributed by atoms with E-state index in [1.807, 2.05) is 125 Å². The van der Waals surface area contributed by atoms with Crippen molar-refractivity contribution in [3.63, 3.8) is 0 Å². The van der Waals surface area contributed by atoms with E-state index >= 15 is 0 Å². The summed E-state index contributed by atoms with van der Waals surface area (Å²) in [6.07, 6.45) is -0.472. The monoisotopic (exact) mass is 959 g/mol. The second kappa shape index (κ2) is 34.6. The van der Waals surface area contributed by atoms with Gasteiger partial charge in [-0.25, -0.2) is 0 Å². The van der Waals surface area contributed by atoms with Crippen molar-refractivity contribution in [1.82, 2.24) is 0 Å². The van der Waals surface area contributed by atoms with Gasteiger partial charge in [-0.3, -0.25) is 0 Å². The molecule has 1 heterocycles. The molecule has 66 heavy (non-hydrogen) atoms. The van der Waals surface area contributed by atoms with Crippen molar-refractivity contribution in [2.24, 2.45) is 5.92 Å². The third-order valence-electron chi connectivity index (χ3n) is 9.53. The summed E-state index contributed by atoms with van der Waals surface area (Å²) in [5, 5.41) is 0. The summed E-state index contributed by atoms with van der Waals surface area (Å²) < 4.78 is 105. The van der Waals surface area contributed by atoms with E-state index in [4.69, 9.17) is 80.5 Å². The maximum atomic E-state index is 6.35. The highest BCUT2D eigenvalue weighted by atomic mass is 16.9. The van der Waals surface area contributed by atoms with E-state index in [9.17, 15) is 0 Å². The van der Waals surface area contributed by atoms with Gasteiger partial charge in [0.25, 0.3) is 32.4 Å². The molecule has 0 aliphatic carbocycles. The molecule has 0 aromatic carbocycles. The van der Waals surface area contributed by atoms with Crippen LogP contribution in [0.15, 0.2) is 0 Å². The normalized spacial score (nSPS) is 35.6. The Hall–Kier alpha value is -0.680. The van der Waals surface area contributed by atoms with Crippen LogP contribution in [-0.4, -0.2) is 125 Å². The Balaban J connectivity index is 3.39. The molecule has 1 aliphatic rings. The summed E-state index contributed by atoms with van der Waals surface area (Å²) in [4.78, 5) is 0. The Kier molecular flexibility index (Phi) is 33.2. The summed E-state index contributed by atoms with van der Waals surface area (Å²) in [5.74, 6) is 0.213. The zero-order chi connectivity index (χ0) is 50.1. The van der Waals surface area contributed by atoms with Crippen LogP contribution in [0.25, 0.3) is 0 Å². The lowest BCUT2D eigenvalue weighted by Gasteiger charge is -2.31. The second-order valence-corrected chi connectivity index (χ2v) is 19.3. The summed E-state index contributed by atoms with van der Waals surface area (Å²) in [7, 11) is 0. The highest BCUT2D eigenvalue weighted by molar-refractivity contribution is 4.63. The van der Waals surface area contributed by atoms with Gasteiger partial charge in [-0.15, -0.1) is 0 Å². The Morgan fingerprint density at radius 1 is 0.273 bits per heavy atom. The van der Waals surface area contributed by atoms with Gasteiger partial charge in [0.1, 0.15) is 0 Å². The smallest absolute Gasteiger partial charge is 0.274 e. The molecular formula is C49H98O17. The molecular weight excluding hydrogens is 861 g/mol. The standard InChI is InChI=1S/C49H98O17/c1-29(2)50-44-28-35(13)22-23-36(14)56-46(52-31(5)6)63-42(20)64-47(53-32(7)8)59-39(17)26-27-40(18)60-49(55-34(11)12)66-43(21)65-48(54-33(9)10)58-38(16)25-24-37(15)57-45(51-30(3)4)62-41(19)61-44/h29-49H,22-28H2,1-21H3. The van der Waals surface area contributed by atoms with Crippen molar-refractivity contribution in [2.45, 2.75) is 315 Å². The van der Waals surface area contributed by atoms with Crippen molar-refractivity contribution in [1.29, 1.82) is 0 Å². The van der Waals surface area contributed by atoms with Gasteiger partial charge >= 0.3 is 0 Å². The predicted octanol–water partition coefficient (Wildman–Crippen LogP) is 10.8. The maximum Gasteiger partial charge on any atom is 0.274 e. The number of rotatable bonds is 12. The minimum absolute atomic E-state index is 0.0734. The van der Waals surface area contributed by atoms with E-state index in [2.05, 4.69) is 6.92 Å². The molecule has 1 fully saturated rings. The zero-order valence-corrected chi connectivity index (χ0v) is 45.0. The quantitative estimate of drug-likeness (QED) is 0.182. The average Bonchev–Trinajstić information content (AvgIpc) is 3.13. The van der Waals surface area contributed by atoms with Crippen molar-refractivity contribution < 1.29 is 80.5 Å². The zero-order valence-electron chi connectivity index (χ0n) is 45.0. The van der Waals surface area contributed by atoms with Gasteiger partial charge < -0.3 is 80.5 Å². The number of ether oxygens (including phenoxy) is 17. The van der Waals surface area contributed by atoms with Crippen LogP contribution in [0.5, 0.6) is 0 Å². The Labute approximate surface area is 400 Å². The second-order valence-electron chi connectivity index (χ2n) is 19.3. The van der Waals surface area contributed by atoms with E-state index in [1.165, 1.54) is 0 Å². The van der Waals surface area contributed by atoms with Crippen LogP contribution in [0.2, 0.25) is 0 Å². The molecule has 0 aromatic rings. The number of hydrogen-bond donors (Lipinski definition) is 0.